The number of benzene rings is 1. The van der Waals surface area contributed by atoms with Crippen LogP contribution in [0.5, 0.6) is 5.75 Å². The fourth-order valence-electron chi connectivity index (χ4n) is 2.69. The van der Waals surface area contributed by atoms with Gasteiger partial charge in [0.05, 0.1) is 17.7 Å². The van der Waals surface area contributed by atoms with Gasteiger partial charge < -0.3 is 10.5 Å². The number of nitrogens with zero attached hydrogens (tertiary/aromatic N) is 1. The number of halogens is 1. The minimum Gasteiger partial charge on any atom is -0.492 e. The number of hydrogen-bond donors (Lipinski definition) is 1. The third-order valence-electron chi connectivity index (χ3n) is 3.85. The second-order valence-electron chi connectivity index (χ2n) is 5.34. The van der Waals surface area contributed by atoms with Gasteiger partial charge in [-0.05, 0) is 31.9 Å². The van der Waals surface area contributed by atoms with Crippen molar-refractivity contribution in [3.8, 4) is 5.75 Å². The SMILES string of the molecule is COc1c(N)cc(S(=O)(=O)N2CCCCCC2C)cc1F. The van der Waals surface area contributed by atoms with Gasteiger partial charge in [-0.1, -0.05) is 12.8 Å². The highest BCUT2D eigenvalue weighted by Crippen LogP contribution is 2.31. The van der Waals surface area contributed by atoms with E-state index in [2.05, 4.69) is 0 Å². The lowest BCUT2D eigenvalue weighted by Gasteiger charge is -2.26. The molecule has 0 aromatic heterocycles. The largest absolute Gasteiger partial charge is 0.492 e. The number of sulfonamides is 1. The molecular weight excluding hydrogens is 295 g/mol. The highest BCUT2D eigenvalue weighted by atomic mass is 32.2. The first-order valence-electron chi connectivity index (χ1n) is 7.02. The average molecular weight is 316 g/mol. The Labute approximate surface area is 124 Å². The van der Waals surface area contributed by atoms with Crippen molar-refractivity contribution in [3.63, 3.8) is 0 Å². The summed E-state index contributed by atoms with van der Waals surface area (Å²) >= 11 is 0. The molecule has 0 radical (unpaired) electrons. The van der Waals surface area contributed by atoms with Crippen molar-refractivity contribution in [1.82, 2.24) is 4.31 Å². The third kappa shape index (κ3) is 3.13. The summed E-state index contributed by atoms with van der Waals surface area (Å²) in [6, 6.07) is 2.14. The number of ether oxygens (including phenoxy) is 1. The molecule has 1 unspecified atom stereocenters. The van der Waals surface area contributed by atoms with Crippen LogP contribution in [-0.4, -0.2) is 32.4 Å². The summed E-state index contributed by atoms with van der Waals surface area (Å²) in [5.41, 5.74) is 5.66. The zero-order chi connectivity index (χ0) is 15.6. The van der Waals surface area contributed by atoms with E-state index in [-0.39, 0.29) is 22.4 Å². The quantitative estimate of drug-likeness (QED) is 0.869. The van der Waals surface area contributed by atoms with Gasteiger partial charge in [0, 0.05) is 12.6 Å². The summed E-state index contributed by atoms with van der Waals surface area (Å²) < 4.78 is 45.6. The lowest BCUT2D eigenvalue weighted by atomic mass is 10.1. The Bertz CT molecular complexity index is 596. The van der Waals surface area contributed by atoms with Crippen molar-refractivity contribution in [2.45, 2.75) is 43.5 Å². The van der Waals surface area contributed by atoms with Crippen LogP contribution in [0, 0.1) is 5.82 Å². The number of nitrogen functional groups attached to an aromatic ring is 1. The third-order valence-corrected chi connectivity index (χ3v) is 5.84. The molecule has 118 valence electrons. The van der Waals surface area contributed by atoms with Gasteiger partial charge in [-0.2, -0.15) is 4.31 Å². The molecule has 0 bridgehead atoms. The van der Waals surface area contributed by atoms with Gasteiger partial charge in [0.1, 0.15) is 0 Å². The number of methoxy groups -OCH3 is 1. The van der Waals surface area contributed by atoms with Crippen molar-refractivity contribution < 1.29 is 17.5 Å². The fourth-order valence-corrected chi connectivity index (χ4v) is 4.44. The molecule has 1 saturated heterocycles. The Balaban J connectivity index is 2.43. The Morgan fingerprint density at radius 2 is 2.05 bits per heavy atom. The molecule has 0 aliphatic carbocycles. The fraction of sp³-hybridized carbons (Fsp3) is 0.571. The molecule has 5 nitrogen and oxygen atoms in total. The summed E-state index contributed by atoms with van der Waals surface area (Å²) in [6.45, 7) is 2.34. The molecule has 0 spiro atoms. The van der Waals surface area contributed by atoms with E-state index in [1.165, 1.54) is 17.5 Å². The topological polar surface area (TPSA) is 72.6 Å². The van der Waals surface area contributed by atoms with E-state index in [1.54, 1.807) is 0 Å². The Hall–Kier alpha value is -1.34. The minimum atomic E-state index is -3.75. The number of anilines is 1. The lowest BCUT2D eigenvalue weighted by Crippen LogP contribution is -2.38. The van der Waals surface area contributed by atoms with E-state index in [1.807, 2.05) is 6.92 Å². The standard InChI is InChI=1S/C14H21FN2O3S/c1-10-6-4-3-5-7-17(10)21(18,19)11-8-12(15)14(20-2)13(16)9-11/h8-10H,3-7,16H2,1-2H3. The zero-order valence-corrected chi connectivity index (χ0v) is 13.1. The van der Waals surface area contributed by atoms with E-state index in [9.17, 15) is 12.8 Å². The second kappa shape index (κ2) is 6.19. The Morgan fingerprint density at radius 3 is 2.67 bits per heavy atom. The molecule has 0 saturated carbocycles. The van der Waals surface area contributed by atoms with Gasteiger partial charge in [0.25, 0.3) is 0 Å². The predicted octanol–water partition coefficient (Wildman–Crippen LogP) is 2.37. The highest BCUT2D eigenvalue weighted by Gasteiger charge is 2.31. The van der Waals surface area contributed by atoms with E-state index in [4.69, 9.17) is 10.5 Å². The highest BCUT2D eigenvalue weighted by molar-refractivity contribution is 7.89. The molecule has 0 amide bonds. The number of nitrogens with two attached hydrogens (primary N) is 1. The molecule has 2 rings (SSSR count). The van der Waals surface area contributed by atoms with Crippen LogP contribution in [0.25, 0.3) is 0 Å². The Morgan fingerprint density at radius 1 is 1.33 bits per heavy atom. The first-order valence-corrected chi connectivity index (χ1v) is 8.46. The monoisotopic (exact) mass is 316 g/mol. The van der Waals surface area contributed by atoms with E-state index >= 15 is 0 Å². The minimum absolute atomic E-state index is 0.0152. The predicted molar refractivity (Wildman–Crippen MR) is 79.2 cm³/mol. The van der Waals surface area contributed by atoms with Gasteiger partial charge in [-0.15, -0.1) is 0 Å². The molecule has 1 aromatic rings. The van der Waals surface area contributed by atoms with Crippen LogP contribution in [-0.2, 0) is 10.0 Å². The molecule has 1 aliphatic heterocycles. The van der Waals surface area contributed by atoms with Crippen LogP contribution in [0.15, 0.2) is 17.0 Å². The van der Waals surface area contributed by atoms with Crippen LogP contribution in [0.3, 0.4) is 0 Å². The van der Waals surface area contributed by atoms with Gasteiger partial charge in [-0.3, -0.25) is 0 Å². The van der Waals surface area contributed by atoms with Crippen molar-refractivity contribution in [1.29, 1.82) is 0 Å². The van der Waals surface area contributed by atoms with Gasteiger partial charge >= 0.3 is 0 Å². The van der Waals surface area contributed by atoms with Crippen molar-refractivity contribution in [2.75, 3.05) is 19.4 Å². The van der Waals surface area contributed by atoms with Gasteiger partial charge in [0.2, 0.25) is 10.0 Å². The maximum atomic E-state index is 13.9. The summed E-state index contributed by atoms with van der Waals surface area (Å²) in [5.74, 6) is -0.892. The van der Waals surface area contributed by atoms with Gasteiger partial charge in [0.15, 0.2) is 11.6 Å². The second-order valence-corrected chi connectivity index (χ2v) is 7.23. The maximum Gasteiger partial charge on any atom is 0.243 e. The summed E-state index contributed by atoms with van der Waals surface area (Å²) in [5, 5.41) is 0. The Kier molecular flexibility index (Phi) is 4.73. The molecule has 1 aromatic carbocycles. The van der Waals surface area contributed by atoms with Gasteiger partial charge in [-0.25, -0.2) is 12.8 Å². The van der Waals surface area contributed by atoms with Crippen LogP contribution >= 0.6 is 0 Å². The number of hydrogen-bond acceptors (Lipinski definition) is 4. The first kappa shape index (κ1) is 16.0. The summed E-state index contributed by atoms with van der Waals surface area (Å²) in [4.78, 5) is -0.118. The molecule has 1 atom stereocenters. The lowest BCUT2D eigenvalue weighted by molar-refractivity contribution is 0.341. The normalized spacial score (nSPS) is 21.0. The van der Waals surface area contributed by atoms with Crippen LogP contribution in [0.4, 0.5) is 10.1 Å². The molecule has 1 heterocycles. The number of rotatable bonds is 3. The van der Waals surface area contributed by atoms with E-state index < -0.39 is 15.8 Å². The summed E-state index contributed by atoms with van der Waals surface area (Å²) in [6.07, 6.45) is 3.65. The van der Waals surface area contributed by atoms with Crippen molar-refractivity contribution in [2.24, 2.45) is 0 Å². The van der Waals surface area contributed by atoms with E-state index in [0.29, 0.717) is 6.54 Å². The van der Waals surface area contributed by atoms with E-state index in [0.717, 1.165) is 31.7 Å². The average Bonchev–Trinajstić information content (AvgIpc) is 2.63. The zero-order valence-electron chi connectivity index (χ0n) is 12.3. The first-order chi connectivity index (χ1) is 9.87. The molecule has 1 fully saturated rings. The summed E-state index contributed by atoms with van der Waals surface area (Å²) in [7, 11) is -2.46. The van der Waals surface area contributed by atoms with Crippen molar-refractivity contribution in [3.05, 3.63) is 17.9 Å². The smallest absolute Gasteiger partial charge is 0.243 e. The maximum absolute atomic E-state index is 13.9. The molecule has 1 aliphatic rings. The van der Waals surface area contributed by atoms with Crippen LogP contribution in [0.1, 0.15) is 32.6 Å². The molecular formula is C14H21FN2O3S. The molecule has 7 heteroatoms. The van der Waals surface area contributed by atoms with Crippen LogP contribution < -0.4 is 10.5 Å². The van der Waals surface area contributed by atoms with Crippen molar-refractivity contribution >= 4 is 15.7 Å². The molecule has 21 heavy (non-hydrogen) atoms. The van der Waals surface area contributed by atoms with Crippen LogP contribution in [0.2, 0.25) is 0 Å². The molecule has 2 N–H and O–H groups in total.